The molecule has 0 radical (unpaired) electrons. The van der Waals surface area contributed by atoms with Crippen molar-refractivity contribution < 1.29 is 14.6 Å². The molecule has 1 aromatic rings. The van der Waals surface area contributed by atoms with E-state index in [0.29, 0.717) is 6.61 Å². The van der Waals surface area contributed by atoms with Crippen LogP contribution in [0, 0.1) is 0 Å². The normalized spacial score (nSPS) is 18.9. The number of piperidine rings is 1. The van der Waals surface area contributed by atoms with Gasteiger partial charge in [0.2, 0.25) is 0 Å². The van der Waals surface area contributed by atoms with Crippen molar-refractivity contribution in [2.75, 3.05) is 38.7 Å². The molecule has 0 amide bonds. The lowest BCUT2D eigenvalue weighted by Crippen LogP contribution is -2.45. The molecular weight excluding hydrogens is 280 g/mol. The van der Waals surface area contributed by atoms with Gasteiger partial charge in [-0.3, -0.25) is 9.69 Å². The number of likely N-dealkylation sites (tertiary alicyclic amines) is 1. The molecule has 1 aliphatic rings. The van der Waals surface area contributed by atoms with Gasteiger partial charge in [-0.05, 0) is 37.9 Å². The first kappa shape index (κ1) is 16.6. The molecule has 0 saturated carbocycles. The maximum absolute atomic E-state index is 11.2. The van der Waals surface area contributed by atoms with Crippen LogP contribution in [0.4, 0.5) is 5.69 Å². The van der Waals surface area contributed by atoms with Crippen molar-refractivity contribution >= 4 is 11.7 Å². The molecule has 0 aromatic heterocycles. The predicted molar refractivity (Wildman–Crippen MR) is 87.7 cm³/mol. The summed E-state index contributed by atoms with van der Waals surface area (Å²) in [6, 6.07) is 7.67. The van der Waals surface area contributed by atoms with Crippen molar-refractivity contribution in [3.05, 3.63) is 24.3 Å². The van der Waals surface area contributed by atoms with E-state index in [4.69, 9.17) is 4.74 Å². The van der Waals surface area contributed by atoms with Gasteiger partial charge in [-0.15, -0.1) is 0 Å². The number of benzene rings is 1. The molecular formula is C17H26N2O3. The summed E-state index contributed by atoms with van der Waals surface area (Å²) in [4.78, 5) is 15.4. The third kappa shape index (κ3) is 4.63. The molecule has 1 aromatic carbocycles. The number of anilines is 1. The maximum atomic E-state index is 11.2. The smallest absolute Gasteiger partial charge is 0.320 e. The van der Waals surface area contributed by atoms with Gasteiger partial charge in [0.1, 0.15) is 11.8 Å². The van der Waals surface area contributed by atoms with Gasteiger partial charge in [0, 0.05) is 32.4 Å². The minimum atomic E-state index is -0.695. The molecule has 0 spiro atoms. The monoisotopic (exact) mass is 306 g/mol. The van der Waals surface area contributed by atoms with E-state index in [9.17, 15) is 9.90 Å². The van der Waals surface area contributed by atoms with Crippen molar-refractivity contribution in [1.29, 1.82) is 0 Å². The molecule has 5 nitrogen and oxygen atoms in total. The van der Waals surface area contributed by atoms with Crippen molar-refractivity contribution in [1.82, 2.24) is 4.90 Å². The second-order valence-corrected chi connectivity index (χ2v) is 5.98. The molecule has 0 aliphatic carbocycles. The van der Waals surface area contributed by atoms with Gasteiger partial charge in [0.25, 0.3) is 0 Å². The molecule has 1 saturated heterocycles. The van der Waals surface area contributed by atoms with Crippen LogP contribution in [0.15, 0.2) is 24.3 Å². The zero-order chi connectivity index (χ0) is 15.9. The fourth-order valence-corrected chi connectivity index (χ4v) is 2.85. The minimum Gasteiger partial charge on any atom is -0.493 e. The van der Waals surface area contributed by atoms with E-state index in [1.54, 1.807) is 0 Å². The molecule has 122 valence electrons. The second-order valence-electron chi connectivity index (χ2n) is 5.98. The van der Waals surface area contributed by atoms with Gasteiger partial charge in [0.15, 0.2) is 0 Å². The summed E-state index contributed by atoms with van der Waals surface area (Å²) in [5.74, 6) is 0.166. The fraction of sp³-hybridized carbons (Fsp3) is 0.588. The van der Waals surface area contributed by atoms with Gasteiger partial charge >= 0.3 is 5.97 Å². The summed E-state index contributed by atoms with van der Waals surface area (Å²) in [6.07, 6.45) is 3.72. The summed E-state index contributed by atoms with van der Waals surface area (Å²) in [6.45, 7) is 2.27. The summed E-state index contributed by atoms with van der Waals surface area (Å²) in [7, 11) is 4.00. The van der Waals surface area contributed by atoms with E-state index in [-0.39, 0.29) is 6.04 Å². The van der Waals surface area contributed by atoms with E-state index in [1.807, 2.05) is 43.3 Å². The number of nitrogens with zero attached hydrogens (tertiary/aromatic N) is 2. The highest BCUT2D eigenvalue weighted by molar-refractivity contribution is 5.73. The Bertz CT molecular complexity index is 491. The molecule has 1 atom stereocenters. The van der Waals surface area contributed by atoms with Gasteiger partial charge in [-0.2, -0.15) is 0 Å². The average molecular weight is 306 g/mol. The van der Waals surface area contributed by atoms with Crippen LogP contribution in [0.3, 0.4) is 0 Å². The standard InChI is InChI=1S/C17H26N2O3/c1-18(2)14-7-5-8-15(13-14)22-12-6-11-19-10-4-3-9-16(19)17(20)21/h5,7-8,13,16H,3-4,6,9-12H2,1-2H3,(H,20,21). The number of carboxylic acid groups (broad SMARTS) is 1. The first-order chi connectivity index (χ1) is 10.6. The highest BCUT2D eigenvalue weighted by Gasteiger charge is 2.27. The Morgan fingerprint density at radius 1 is 1.41 bits per heavy atom. The maximum Gasteiger partial charge on any atom is 0.320 e. The summed E-state index contributed by atoms with van der Waals surface area (Å²) in [5.41, 5.74) is 1.11. The topological polar surface area (TPSA) is 53.0 Å². The van der Waals surface area contributed by atoms with Crippen LogP contribution < -0.4 is 9.64 Å². The van der Waals surface area contributed by atoms with E-state index < -0.39 is 5.97 Å². The van der Waals surface area contributed by atoms with Crippen LogP contribution in [-0.2, 0) is 4.79 Å². The Morgan fingerprint density at radius 3 is 2.95 bits per heavy atom. The zero-order valence-electron chi connectivity index (χ0n) is 13.5. The van der Waals surface area contributed by atoms with E-state index in [1.165, 1.54) is 0 Å². The van der Waals surface area contributed by atoms with Crippen LogP contribution in [0.2, 0.25) is 0 Å². The molecule has 1 heterocycles. The Labute approximate surface area is 132 Å². The van der Waals surface area contributed by atoms with Crippen LogP contribution in [0.5, 0.6) is 5.75 Å². The lowest BCUT2D eigenvalue weighted by atomic mass is 10.0. The Balaban J connectivity index is 1.76. The quantitative estimate of drug-likeness (QED) is 0.784. The van der Waals surface area contributed by atoms with Crippen molar-refractivity contribution in [2.24, 2.45) is 0 Å². The molecule has 22 heavy (non-hydrogen) atoms. The first-order valence-corrected chi connectivity index (χ1v) is 7.95. The van der Waals surface area contributed by atoms with Crippen molar-refractivity contribution in [2.45, 2.75) is 31.7 Å². The molecule has 1 unspecified atom stereocenters. The number of rotatable bonds is 7. The van der Waals surface area contributed by atoms with Crippen molar-refractivity contribution in [3.8, 4) is 5.75 Å². The lowest BCUT2D eigenvalue weighted by molar-refractivity contribution is -0.144. The molecule has 1 aliphatic heterocycles. The van der Waals surface area contributed by atoms with Crippen LogP contribution in [0.25, 0.3) is 0 Å². The average Bonchev–Trinajstić information content (AvgIpc) is 2.52. The van der Waals surface area contributed by atoms with Gasteiger partial charge in [0.05, 0.1) is 6.61 Å². The number of carbonyl (C=O) groups is 1. The fourth-order valence-electron chi connectivity index (χ4n) is 2.85. The van der Waals surface area contributed by atoms with Crippen molar-refractivity contribution in [3.63, 3.8) is 0 Å². The molecule has 5 heteroatoms. The highest BCUT2D eigenvalue weighted by Crippen LogP contribution is 2.20. The molecule has 1 fully saturated rings. The van der Waals surface area contributed by atoms with Crippen LogP contribution in [0.1, 0.15) is 25.7 Å². The summed E-state index contributed by atoms with van der Waals surface area (Å²) < 4.78 is 5.78. The third-order valence-electron chi connectivity index (χ3n) is 4.09. The summed E-state index contributed by atoms with van der Waals surface area (Å²) in [5, 5.41) is 9.25. The van der Waals surface area contributed by atoms with Crippen LogP contribution >= 0.6 is 0 Å². The predicted octanol–water partition coefficient (Wildman–Crippen LogP) is 2.46. The number of hydrogen-bond acceptors (Lipinski definition) is 4. The first-order valence-electron chi connectivity index (χ1n) is 7.95. The molecule has 2 rings (SSSR count). The SMILES string of the molecule is CN(C)c1cccc(OCCCN2CCCCC2C(=O)O)c1. The van der Waals surface area contributed by atoms with E-state index in [2.05, 4.69) is 4.90 Å². The largest absolute Gasteiger partial charge is 0.493 e. The minimum absolute atomic E-state index is 0.314. The number of ether oxygens (including phenoxy) is 1. The zero-order valence-corrected chi connectivity index (χ0v) is 13.5. The van der Waals surface area contributed by atoms with Gasteiger partial charge in [-0.1, -0.05) is 12.5 Å². The second kappa shape index (κ2) is 8.03. The summed E-state index contributed by atoms with van der Waals surface area (Å²) >= 11 is 0. The molecule has 0 bridgehead atoms. The van der Waals surface area contributed by atoms with Gasteiger partial charge in [-0.25, -0.2) is 0 Å². The lowest BCUT2D eigenvalue weighted by Gasteiger charge is -2.32. The van der Waals surface area contributed by atoms with Gasteiger partial charge < -0.3 is 14.7 Å². The van der Waals surface area contributed by atoms with E-state index in [0.717, 1.165) is 50.2 Å². The number of hydrogen-bond donors (Lipinski definition) is 1. The molecule has 1 N–H and O–H groups in total. The highest BCUT2D eigenvalue weighted by atomic mass is 16.5. The Hall–Kier alpha value is -1.75. The number of carboxylic acids is 1. The number of aliphatic carboxylic acids is 1. The third-order valence-corrected chi connectivity index (χ3v) is 4.09. The Morgan fingerprint density at radius 2 is 2.23 bits per heavy atom. The Kier molecular flexibility index (Phi) is 6.07. The van der Waals surface area contributed by atoms with Crippen LogP contribution in [-0.4, -0.2) is 55.8 Å². The van der Waals surface area contributed by atoms with E-state index >= 15 is 0 Å².